The monoisotopic (exact) mass is 333 g/mol. The molecule has 0 aliphatic carbocycles. The number of rotatable bonds is 4. The molecular weight excluding hydrogens is 314 g/mol. The van der Waals surface area contributed by atoms with Gasteiger partial charge in [-0.25, -0.2) is 5.43 Å². The number of fused-ring (bicyclic) bond motifs is 1. The van der Waals surface area contributed by atoms with Crippen LogP contribution >= 0.6 is 0 Å². The highest BCUT2D eigenvalue weighted by atomic mass is 16.5. The van der Waals surface area contributed by atoms with Gasteiger partial charge >= 0.3 is 0 Å². The molecule has 126 valence electrons. The summed E-state index contributed by atoms with van der Waals surface area (Å²) in [5, 5.41) is 6.36. The number of benzene rings is 3. The maximum Gasteiger partial charge on any atom is 0.271 e. The number of hydrogen-bond acceptors (Lipinski definition) is 4. The maximum absolute atomic E-state index is 12.1. The zero-order valence-electron chi connectivity index (χ0n) is 14.1. The van der Waals surface area contributed by atoms with Crippen LogP contribution in [0.4, 0.5) is 5.69 Å². The standard InChI is InChI=1S/C20H19N3O2/c1-13(22-23-20(24)14-5-8-18(21)9-6-14)15-3-4-17-12-19(25-2)10-7-16(17)11-15/h3-12H,21H2,1-2H3,(H,23,24)/b22-13+. The first-order valence-corrected chi connectivity index (χ1v) is 7.85. The summed E-state index contributed by atoms with van der Waals surface area (Å²) in [6.45, 7) is 1.86. The van der Waals surface area contributed by atoms with Crippen LogP contribution in [0.25, 0.3) is 10.8 Å². The molecule has 0 saturated heterocycles. The fourth-order valence-corrected chi connectivity index (χ4v) is 2.47. The molecule has 3 N–H and O–H groups in total. The lowest BCUT2D eigenvalue weighted by atomic mass is 10.0. The third-order valence-electron chi connectivity index (χ3n) is 3.96. The van der Waals surface area contributed by atoms with Crippen LogP contribution in [0.15, 0.2) is 65.8 Å². The van der Waals surface area contributed by atoms with E-state index >= 15 is 0 Å². The zero-order chi connectivity index (χ0) is 17.8. The molecule has 3 rings (SSSR count). The topological polar surface area (TPSA) is 76.7 Å². The average molecular weight is 333 g/mol. The Balaban J connectivity index is 1.78. The maximum atomic E-state index is 12.1. The van der Waals surface area contributed by atoms with E-state index in [9.17, 15) is 4.79 Å². The van der Waals surface area contributed by atoms with Gasteiger partial charge in [0.25, 0.3) is 5.91 Å². The molecule has 0 aliphatic rings. The lowest BCUT2D eigenvalue weighted by Gasteiger charge is -2.06. The lowest BCUT2D eigenvalue weighted by Crippen LogP contribution is -2.19. The molecule has 3 aromatic rings. The first-order chi connectivity index (χ1) is 12.1. The molecule has 0 spiro atoms. The van der Waals surface area contributed by atoms with Crippen LogP contribution in [0.3, 0.4) is 0 Å². The van der Waals surface area contributed by atoms with E-state index in [1.807, 2.05) is 43.3 Å². The van der Waals surface area contributed by atoms with Crippen LogP contribution < -0.4 is 15.9 Å². The molecule has 25 heavy (non-hydrogen) atoms. The van der Waals surface area contributed by atoms with Crippen LogP contribution in [-0.4, -0.2) is 18.7 Å². The summed E-state index contributed by atoms with van der Waals surface area (Å²) in [6.07, 6.45) is 0. The Bertz CT molecular complexity index is 947. The summed E-state index contributed by atoms with van der Waals surface area (Å²) in [5.74, 6) is 0.547. The predicted octanol–water partition coefficient (Wildman–Crippen LogP) is 3.58. The number of carbonyl (C=O) groups excluding carboxylic acids is 1. The second-order valence-electron chi connectivity index (χ2n) is 5.69. The van der Waals surface area contributed by atoms with Gasteiger partial charge in [0, 0.05) is 11.3 Å². The highest BCUT2D eigenvalue weighted by molar-refractivity contribution is 6.03. The van der Waals surface area contributed by atoms with E-state index in [1.165, 1.54) is 0 Å². The van der Waals surface area contributed by atoms with Crippen molar-refractivity contribution in [2.45, 2.75) is 6.92 Å². The molecule has 0 fully saturated rings. The van der Waals surface area contributed by atoms with E-state index in [0.29, 0.717) is 11.3 Å². The van der Waals surface area contributed by atoms with Gasteiger partial charge in [0.1, 0.15) is 5.75 Å². The van der Waals surface area contributed by atoms with Gasteiger partial charge in [-0.15, -0.1) is 0 Å². The summed E-state index contributed by atoms with van der Waals surface area (Å²) in [6, 6.07) is 18.6. The molecule has 0 saturated carbocycles. The molecule has 5 nitrogen and oxygen atoms in total. The van der Waals surface area contributed by atoms with Gasteiger partial charge in [-0.2, -0.15) is 5.10 Å². The fourth-order valence-electron chi connectivity index (χ4n) is 2.47. The third kappa shape index (κ3) is 3.77. The first-order valence-electron chi connectivity index (χ1n) is 7.85. The minimum absolute atomic E-state index is 0.273. The summed E-state index contributed by atoms with van der Waals surface area (Å²) in [5.41, 5.74) is 11.0. The van der Waals surface area contributed by atoms with Crippen LogP contribution in [0.1, 0.15) is 22.8 Å². The number of amides is 1. The molecule has 0 atom stereocenters. The number of nitrogens with zero attached hydrogens (tertiary/aromatic N) is 1. The molecule has 0 aromatic heterocycles. The number of anilines is 1. The van der Waals surface area contributed by atoms with Crippen molar-refractivity contribution in [3.05, 3.63) is 71.8 Å². The van der Waals surface area contributed by atoms with E-state index < -0.39 is 0 Å². The molecule has 1 amide bonds. The van der Waals surface area contributed by atoms with Crippen molar-refractivity contribution in [2.24, 2.45) is 5.10 Å². The summed E-state index contributed by atoms with van der Waals surface area (Å²) in [7, 11) is 1.65. The molecule has 0 heterocycles. The Morgan fingerprint density at radius 2 is 1.60 bits per heavy atom. The van der Waals surface area contributed by atoms with E-state index in [-0.39, 0.29) is 5.91 Å². The Labute approximate surface area is 146 Å². The van der Waals surface area contributed by atoms with Crippen molar-refractivity contribution < 1.29 is 9.53 Å². The van der Waals surface area contributed by atoms with Gasteiger partial charge < -0.3 is 10.5 Å². The van der Waals surface area contributed by atoms with Crippen LogP contribution in [-0.2, 0) is 0 Å². The number of methoxy groups -OCH3 is 1. The van der Waals surface area contributed by atoms with Crippen LogP contribution in [0, 0.1) is 0 Å². The molecule has 0 bridgehead atoms. The highest BCUT2D eigenvalue weighted by Gasteiger charge is 2.05. The number of hydrogen-bond donors (Lipinski definition) is 2. The fraction of sp³-hybridized carbons (Fsp3) is 0.100. The molecule has 5 heteroatoms. The van der Waals surface area contributed by atoms with Gasteiger partial charge in [-0.3, -0.25) is 4.79 Å². The number of nitrogens with one attached hydrogen (secondary N) is 1. The van der Waals surface area contributed by atoms with Crippen molar-refractivity contribution >= 4 is 28.1 Å². The zero-order valence-corrected chi connectivity index (χ0v) is 14.1. The smallest absolute Gasteiger partial charge is 0.271 e. The van der Waals surface area contributed by atoms with Gasteiger partial charge in [0.15, 0.2) is 0 Å². The van der Waals surface area contributed by atoms with Gasteiger partial charge in [-0.05, 0) is 65.7 Å². The first kappa shape index (κ1) is 16.5. The highest BCUT2D eigenvalue weighted by Crippen LogP contribution is 2.22. The normalized spacial score (nSPS) is 11.4. The number of nitrogen functional groups attached to an aromatic ring is 1. The van der Waals surface area contributed by atoms with Crippen molar-refractivity contribution in [3.63, 3.8) is 0 Å². The number of hydrazone groups is 1. The van der Waals surface area contributed by atoms with Crippen LogP contribution in [0.5, 0.6) is 5.75 Å². The number of ether oxygens (including phenoxy) is 1. The van der Waals surface area contributed by atoms with Gasteiger partial charge in [-0.1, -0.05) is 18.2 Å². The number of nitrogens with two attached hydrogens (primary N) is 1. The minimum Gasteiger partial charge on any atom is -0.497 e. The molecule has 0 aliphatic heterocycles. The molecule has 0 radical (unpaired) electrons. The van der Waals surface area contributed by atoms with Crippen molar-refractivity contribution in [3.8, 4) is 5.75 Å². The Morgan fingerprint density at radius 3 is 2.32 bits per heavy atom. The second kappa shape index (κ2) is 7.05. The number of carbonyl (C=O) groups is 1. The van der Waals surface area contributed by atoms with E-state index in [4.69, 9.17) is 10.5 Å². The van der Waals surface area contributed by atoms with Crippen LogP contribution in [0.2, 0.25) is 0 Å². The lowest BCUT2D eigenvalue weighted by molar-refractivity contribution is 0.0955. The Hall–Kier alpha value is -3.34. The summed E-state index contributed by atoms with van der Waals surface area (Å²) in [4.78, 5) is 12.1. The molecular formula is C20H19N3O2. The Morgan fingerprint density at radius 1 is 0.960 bits per heavy atom. The second-order valence-corrected chi connectivity index (χ2v) is 5.69. The average Bonchev–Trinajstić information content (AvgIpc) is 2.65. The van der Waals surface area contributed by atoms with Gasteiger partial charge in [0.2, 0.25) is 0 Å². The largest absolute Gasteiger partial charge is 0.497 e. The molecule has 0 unspecified atom stereocenters. The Kier molecular flexibility index (Phi) is 4.66. The molecule has 3 aromatic carbocycles. The minimum atomic E-state index is -0.273. The summed E-state index contributed by atoms with van der Waals surface area (Å²) >= 11 is 0. The third-order valence-corrected chi connectivity index (χ3v) is 3.96. The van der Waals surface area contributed by atoms with E-state index in [1.54, 1.807) is 31.4 Å². The van der Waals surface area contributed by atoms with Crippen molar-refractivity contribution in [1.29, 1.82) is 0 Å². The van der Waals surface area contributed by atoms with Crippen molar-refractivity contribution in [2.75, 3.05) is 12.8 Å². The quantitative estimate of drug-likeness (QED) is 0.435. The van der Waals surface area contributed by atoms with E-state index in [2.05, 4.69) is 10.5 Å². The summed E-state index contributed by atoms with van der Waals surface area (Å²) < 4.78 is 5.24. The van der Waals surface area contributed by atoms with Crippen molar-refractivity contribution in [1.82, 2.24) is 5.43 Å². The van der Waals surface area contributed by atoms with Gasteiger partial charge in [0.05, 0.1) is 12.8 Å². The predicted molar refractivity (Wildman–Crippen MR) is 101 cm³/mol. The van der Waals surface area contributed by atoms with E-state index in [0.717, 1.165) is 27.8 Å². The SMILES string of the molecule is COc1ccc2cc(/C(C)=N/NC(=O)c3ccc(N)cc3)ccc2c1.